The highest BCUT2D eigenvalue weighted by molar-refractivity contribution is 5.98. The van der Waals surface area contributed by atoms with E-state index in [1.807, 2.05) is 24.3 Å². The van der Waals surface area contributed by atoms with Crippen LogP contribution in [0.4, 0.5) is 0 Å². The van der Waals surface area contributed by atoms with Gasteiger partial charge in [-0.05, 0) is 30.3 Å². The van der Waals surface area contributed by atoms with E-state index < -0.39 is 5.97 Å². The molecule has 0 aliphatic heterocycles. The molecule has 0 spiro atoms. The maximum atomic E-state index is 12.2. The van der Waals surface area contributed by atoms with Crippen molar-refractivity contribution in [2.45, 2.75) is 0 Å². The van der Waals surface area contributed by atoms with Gasteiger partial charge in [0.25, 0.3) is 0 Å². The van der Waals surface area contributed by atoms with Crippen LogP contribution in [0.5, 0.6) is 23.0 Å². The third-order valence-corrected chi connectivity index (χ3v) is 3.48. The summed E-state index contributed by atoms with van der Waals surface area (Å²) in [5.74, 6) is -0.229. The molecule has 3 aromatic carbocycles. The maximum Gasteiger partial charge on any atom is 0.343 e. The molecule has 0 aliphatic carbocycles. The molecule has 2 N–H and O–H groups in total. The Morgan fingerprint density at radius 2 is 1.52 bits per heavy atom. The van der Waals surface area contributed by atoms with Gasteiger partial charge in [0.05, 0.1) is 12.7 Å². The number of rotatable bonds is 3. The van der Waals surface area contributed by atoms with Crippen LogP contribution in [0.25, 0.3) is 10.8 Å². The largest absolute Gasteiger partial charge is 0.504 e. The van der Waals surface area contributed by atoms with E-state index in [1.54, 1.807) is 19.2 Å². The van der Waals surface area contributed by atoms with Gasteiger partial charge in [0.15, 0.2) is 11.5 Å². The van der Waals surface area contributed by atoms with E-state index in [9.17, 15) is 15.0 Å². The Balaban J connectivity index is 1.98. The minimum atomic E-state index is -0.629. The van der Waals surface area contributed by atoms with Crippen LogP contribution in [0.1, 0.15) is 10.4 Å². The fourth-order valence-electron chi connectivity index (χ4n) is 2.32. The second-order valence-electron chi connectivity index (χ2n) is 4.90. The summed E-state index contributed by atoms with van der Waals surface area (Å²) in [5.41, 5.74) is 0.139. The zero-order valence-corrected chi connectivity index (χ0v) is 12.3. The van der Waals surface area contributed by atoms with Crippen molar-refractivity contribution in [1.29, 1.82) is 0 Å². The van der Waals surface area contributed by atoms with Gasteiger partial charge < -0.3 is 19.7 Å². The van der Waals surface area contributed by atoms with Crippen molar-refractivity contribution in [1.82, 2.24) is 0 Å². The molecule has 5 nitrogen and oxygen atoms in total. The molecule has 0 saturated heterocycles. The van der Waals surface area contributed by atoms with Crippen molar-refractivity contribution in [3.8, 4) is 23.0 Å². The molecule has 0 unspecified atom stereocenters. The number of benzene rings is 3. The number of phenols is 2. The number of aromatic hydroxyl groups is 2. The van der Waals surface area contributed by atoms with Gasteiger partial charge in [-0.15, -0.1) is 0 Å². The molecule has 0 aromatic heterocycles. The van der Waals surface area contributed by atoms with E-state index in [0.29, 0.717) is 11.5 Å². The average molecular weight is 310 g/mol. The van der Waals surface area contributed by atoms with Gasteiger partial charge in [0.1, 0.15) is 11.5 Å². The predicted octanol–water partition coefficient (Wildman–Crippen LogP) is 3.48. The van der Waals surface area contributed by atoms with Gasteiger partial charge in [0, 0.05) is 10.8 Å². The Morgan fingerprint density at radius 1 is 0.870 bits per heavy atom. The van der Waals surface area contributed by atoms with E-state index in [-0.39, 0.29) is 17.1 Å². The second-order valence-corrected chi connectivity index (χ2v) is 4.90. The Morgan fingerprint density at radius 3 is 2.17 bits per heavy atom. The lowest BCUT2D eigenvalue weighted by atomic mass is 10.1. The first-order valence-electron chi connectivity index (χ1n) is 6.90. The number of phenolic OH excluding ortho intramolecular Hbond substituents is 2. The molecule has 0 heterocycles. The SMILES string of the molecule is COc1ccc(OC(=O)c2ccc(O)c(O)c2)c2ccccc12. The summed E-state index contributed by atoms with van der Waals surface area (Å²) < 4.78 is 10.7. The van der Waals surface area contributed by atoms with E-state index in [4.69, 9.17) is 9.47 Å². The van der Waals surface area contributed by atoms with Crippen LogP contribution in [0.3, 0.4) is 0 Å². The van der Waals surface area contributed by atoms with Crippen molar-refractivity contribution in [2.24, 2.45) is 0 Å². The monoisotopic (exact) mass is 310 g/mol. The predicted molar refractivity (Wildman–Crippen MR) is 85.2 cm³/mol. The number of fused-ring (bicyclic) bond motifs is 1. The highest BCUT2D eigenvalue weighted by atomic mass is 16.5. The van der Waals surface area contributed by atoms with Gasteiger partial charge in [-0.2, -0.15) is 0 Å². The fourth-order valence-corrected chi connectivity index (χ4v) is 2.32. The van der Waals surface area contributed by atoms with Gasteiger partial charge in [0.2, 0.25) is 0 Å². The van der Waals surface area contributed by atoms with Crippen molar-refractivity contribution in [3.63, 3.8) is 0 Å². The molecule has 0 bridgehead atoms. The molecule has 0 atom stereocenters. The lowest BCUT2D eigenvalue weighted by Crippen LogP contribution is -2.08. The zero-order chi connectivity index (χ0) is 16.4. The van der Waals surface area contributed by atoms with Gasteiger partial charge >= 0.3 is 5.97 Å². The lowest BCUT2D eigenvalue weighted by molar-refractivity contribution is 0.0736. The molecule has 0 saturated carbocycles. The van der Waals surface area contributed by atoms with Gasteiger partial charge in [-0.25, -0.2) is 4.79 Å². The normalized spacial score (nSPS) is 10.5. The van der Waals surface area contributed by atoms with Crippen LogP contribution in [0, 0.1) is 0 Å². The molecule has 0 fully saturated rings. The molecule has 5 heteroatoms. The van der Waals surface area contributed by atoms with Gasteiger partial charge in [-0.3, -0.25) is 0 Å². The second kappa shape index (κ2) is 5.88. The van der Waals surface area contributed by atoms with Crippen LogP contribution in [0.2, 0.25) is 0 Å². The number of ether oxygens (including phenoxy) is 2. The van der Waals surface area contributed by atoms with Crippen LogP contribution >= 0.6 is 0 Å². The van der Waals surface area contributed by atoms with Crippen molar-refractivity contribution in [2.75, 3.05) is 7.11 Å². The molecule has 116 valence electrons. The molecular weight excluding hydrogens is 296 g/mol. The first-order valence-corrected chi connectivity index (χ1v) is 6.90. The molecule has 3 rings (SSSR count). The summed E-state index contributed by atoms with van der Waals surface area (Å²) in [6.45, 7) is 0. The average Bonchev–Trinajstić information content (AvgIpc) is 2.57. The summed E-state index contributed by atoms with van der Waals surface area (Å²) in [6.07, 6.45) is 0. The van der Waals surface area contributed by atoms with Gasteiger partial charge in [-0.1, -0.05) is 24.3 Å². The summed E-state index contributed by atoms with van der Waals surface area (Å²) in [6, 6.07) is 14.6. The minimum absolute atomic E-state index is 0.139. The van der Waals surface area contributed by atoms with Crippen LogP contribution < -0.4 is 9.47 Å². The summed E-state index contributed by atoms with van der Waals surface area (Å²) in [4.78, 5) is 12.2. The van der Waals surface area contributed by atoms with E-state index in [1.165, 1.54) is 12.1 Å². The van der Waals surface area contributed by atoms with E-state index >= 15 is 0 Å². The van der Waals surface area contributed by atoms with Crippen molar-refractivity contribution < 1.29 is 24.5 Å². The Labute approximate surface area is 132 Å². The topological polar surface area (TPSA) is 76.0 Å². The maximum absolute atomic E-state index is 12.2. The zero-order valence-electron chi connectivity index (χ0n) is 12.3. The molecular formula is C18H14O5. The third kappa shape index (κ3) is 2.76. The molecule has 23 heavy (non-hydrogen) atoms. The van der Waals surface area contributed by atoms with Crippen LogP contribution in [-0.2, 0) is 0 Å². The smallest absolute Gasteiger partial charge is 0.343 e. The first-order chi connectivity index (χ1) is 11.1. The number of carbonyl (C=O) groups excluding carboxylic acids is 1. The number of methoxy groups -OCH3 is 1. The highest BCUT2D eigenvalue weighted by Gasteiger charge is 2.14. The van der Waals surface area contributed by atoms with Crippen LogP contribution in [0.15, 0.2) is 54.6 Å². The van der Waals surface area contributed by atoms with Crippen molar-refractivity contribution >= 4 is 16.7 Å². The molecule has 0 aliphatic rings. The standard InChI is InChI=1S/C18H14O5/c1-22-16-8-9-17(13-5-3-2-4-12(13)16)23-18(21)11-6-7-14(19)15(20)10-11/h2-10,19-20H,1H3. The number of esters is 1. The Bertz CT molecular complexity index is 886. The van der Waals surface area contributed by atoms with E-state index in [2.05, 4.69) is 0 Å². The third-order valence-electron chi connectivity index (χ3n) is 3.48. The Kier molecular flexibility index (Phi) is 3.76. The Hall–Kier alpha value is -3.21. The summed E-state index contributed by atoms with van der Waals surface area (Å²) in [5, 5.41) is 20.3. The fraction of sp³-hybridized carbons (Fsp3) is 0.0556. The quantitative estimate of drug-likeness (QED) is 0.440. The first kappa shape index (κ1) is 14.7. The lowest BCUT2D eigenvalue weighted by Gasteiger charge is -2.11. The number of hydrogen-bond acceptors (Lipinski definition) is 5. The molecule has 0 amide bonds. The summed E-state index contributed by atoms with van der Waals surface area (Å²) >= 11 is 0. The van der Waals surface area contributed by atoms with E-state index in [0.717, 1.165) is 16.8 Å². The number of hydrogen-bond donors (Lipinski definition) is 2. The molecule has 3 aromatic rings. The van der Waals surface area contributed by atoms with Crippen molar-refractivity contribution in [3.05, 3.63) is 60.2 Å². The summed E-state index contributed by atoms with van der Waals surface area (Å²) in [7, 11) is 1.58. The highest BCUT2D eigenvalue weighted by Crippen LogP contribution is 2.33. The molecule has 0 radical (unpaired) electrons. The number of carbonyl (C=O) groups is 1. The minimum Gasteiger partial charge on any atom is -0.504 e. The van der Waals surface area contributed by atoms with Crippen LogP contribution in [-0.4, -0.2) is 23.3 Å².